The Kier molecular flexibility index (Phi) is 7.08. The summed E-state index contributed by atoms with van der Waals surface area (Å²) in [5.41, 5.74) is 2.55. The first-order valence-corrected chi connectivity index (χ1v) is 9.76. The van der Waals surface area contributed by atoms with Crippen LogP contribution in [0.3, 0.4) is 0 Å². The summed E-state index contributed by atoms with van der Waals surface area (Å²) in [7, 11) is 3.04. The highest BCUT2D eigenvalue weighted by Gasteiger charge is 2.23. The van der Waals surface area contributed by atoms with Crippen molar-refractivity contribution in [1.29, 1.82) is 0 Å². The van der Waals surface area contributed by atoms with E-state index in [0.717, 1.165) is 43.2 Å². The number of nitrogens with zero attached hydrogens (tertiary/aromatic N) is 1. The number of amides is 1. The summed E-state index contributed by atoms with van der Waals surface area (Å²) in [6.45, 7) is 4.48. The Morgan fingerprint density at radius 1 is 1.03 bits per heavy atom. The van der Waals surface area contributed by atoms with Gasteiger partial charge in [-0.3, -0.25) is 4.79 Å². The largest absolute Gasteiger partial charge is 0.495 e. The van der Waals surface area contributed by atoms with Crippen molar-refractivity contribution in [2.24, 2.45) is 0 Å². The van der Waals surface area contributed by atoms with Crippen LogP contribution in [0.15, 0.2) is 48.5 Å². The Bertz CT molecular complexity index is 830. The van der Waals surface area contributed by atoms with E-state index in [1.807, 2.05) is 30.3 Å². The van der Waals surface area contributed by atoms with Crippen LogP contribution in [0, 0.1) is 0 Å². The number of esters is 1. The van der Waals surface area contributed by atoms with Crippen LogP contribution < -0.4 is 19.9 Å². The summed E-state index contributed by atoms with van der Waals surface area (Å²) >= 11 is 0. The molecule has 1 aliphatic rings. The summed E-state index contributed by atoms with van der Waals surface area (Å²) in [6, 6.07) is 15.1. The first kappa shape index (κ1) is 20.7. The maximum atomic E-state index is 12.3. The van der Waals surface area contributed by atoms with Gasteiger partial charge in [-0.25, -0.2) is 4.79 Å². The number of ether oxygens (including phenoxy) is 2. The highest BCUT2D eigenvalue weighted by molar-refractivity contribution is 5.89. The Morgan fingerprint density at radius 3 is 2.38 bits per heavy atom. The summed E-state index contributed by atoms with van der Waals surface area (Å²) in [5.74, 6) is 0.547. The summed E-state index contributed by atoms with van der Waals surface area (Å²) < 4.78 is 10.1. The molecule has 0 bridgehead atoms. The number of quaternary nitrogens is 1. The molecule has 0 aromatic heterocycles. The Labute approximate surface area is 171 Å². The van der Waals surface area contributed by atoms with Gasteiger partial charge in [0, 0.05) is 6.54 Å². The Morgan fingerprint density at radius 2 is 1.72 bits per heavy atom. The van der Waals surface area contributed by atoms with Crippen LogP contribution in [0.25, 0.3) is 0 Å². The van der Waals surface area contributed by atoms with E-state index in [2.05, 4.69) is 21.0 Å². The number of hydrogen-bond donors (Lipinski definition) is 2. The lowest BCUT2D eigenvalue weighted by Gasteiger charge is -2.34. The van der Waals surface area contributed by atoms with Gasteiger partial charge in [0.1, 0.15) is 5.75 Å². The van der Waals surface area contributed by atoms with Gasteiger partial charge in [-0.15, -0.1) is 0 Å². The molecule has 1 heterocycles. The Balaban J connectivity index is 1.43. The molecule has 0 atom stereocenters. The van der Waals surface area contributed by atoms with Crippen molar-refractivity contribution < 1.29 is 24.0 Å². The van der Waals surface area contributed by atoms with E-state index in [-0.39, 0.29) is 11.9 Å². The molecule has 1 fully saturated rings. The minimum absolute atomic E-state index is 0.0304. The molecule has 0 saturated carbocycles. The number of anilines is 1. The van der Waals surface area contributed by atoms with Crippen LogP contribution >= 0.6 is 0 Å². The molecule has 0 unspecified atom stereocenters. The first-order chi connectivity index (χ1) is 14.1. The summed E-state index contributed by atoms with van der Waals surface area (Å²) in [4.78, 5) is 27.4. The van der Waals surface area contributed by atoms with Crippen LogP contribution in [0.1, 0.15) is 15.9 Å². The second-order valence-corrected chi connectivity index (χ2v) is 7.05. The lowest BCUT2D eigenvalue weighted by molar-refractivity contribution is -0.892. The van der Waals surface area contributed by atoms with E-state index < -0.39 is 0 Å². The molecule has 2 N–H and O–H groups in total. The number of rotatable bonds is 7. The van der Waals surface area contributed by atoms with E-state index in [9.17, 15) is 9.59 Å². The van der Waals surface area contributed by atoms with E-state index >= 15 is 0 Å². The van der Waals surface area contributed by atoms with Gasteiger partial charge in [-0.05, 0) is 29.8 Å². The molecule has 3 rings (SSSR count). The number of benzene rings is 2. The number of para-hydroxylation sites is 2. The van der Waals surface area contributed by atoms with Gasteiger partial charge in [0.25, 0.3) is 5.91 Å². The van der Waals surface area contributed by atoms with Crippen LogP contribution in [0.5, 0.6) is 5.75 Å². The molecule has 1 aliphatic heterocycles. The lowest BCUT2D eigenvalue weighted by Crippen LogP contribution is -3.15. The third kappa shape index (κ3) is 5.48. The molecule has 1 saturated heterocycles. The molecular weight excluding hydrogens is 370 g/mol. The maximum Gasteiger partial charge on any atom is 0.337 e. The van der Waals surface area contributed by atoms with E-state index in [0.29, 0.717) is 18.7 Å². The third-order valence-electron chi connectivity index (χ3n) is 5.17. The van der Waals surface area contributed by atoms with Crippen LogP contribution in [-0.2, 0) is 16.1 Å². The lowest BCUT2D eigenvalue weighted by atomic mass is 10.1. The average molecular weight is 398 g/mol. The number of hydrogen-bond acceptors (Lipinski definition) is 5. The first-order valence-electron chi connectivity index (χ1n) is 9.76. The van der Waals surface area contributed by atoms with Crippen LogP contribution in [0.4, 0.5) is 5.69 Å². The monoisotopic (exact) mass is 398 g/mol. The minimum atomic E-state index is -0.364. The molecule has 154 valence electrons. The number of carbonyl (C=O) groups is 2. The molecule has 1 amide bonds. The van der Waals surface area contributed by atoms with Gasteiger partial charge in [0.15, 0.2) is 6.54 Å². The highest BCUT2D eigenvalue weighted by atomic mass is 16.5. The minimum Gasteiger partial charge on any atom is -0.495 e. The summed E-state index contributed by atoms with van der Waals surface area (Å²) in [5, 5.41) is 2.96. The zero-order valence-corrected chi connectivity index (χ0v) is 16.9. The number of nitrogens with one attached hydrogen (secondary N) is 2. The molecule has 0 spiro atoms. The maximum absolute atomic E-state index is 12.3. The quantitative estimate of drug-likeness (QED) is 0.665. The van der Waals surface area contributed by atoms with Gasteiger partial charge < -0.3 is 24.6 Å². The second-order valence-electron chi connectivity index (χ2n) is 7.05. The predicted octanol–water partition coefficient (Wildman–Crippen LogP) is 0.503. The zero-order chi connectivity index (χ0) is 20.6. The van der Waals surface area contributed by atoms with Crippen LogP contribution in [-0.4, -0.2) is 58.8 Å². The smallest absolute Gasteiger partial charge is 0.337 e. The molecule has 7 heteroatoms. The van der Waals surface area contributed by atoms with E-state index in [1.165, 1.54) is 12.0 Å². The van der Waals surface area contributed by atoms with E-state index in [4.69, 9.17) is 4.74 Å². The van der Waals surface area contributed by atoms with Crippen molar-refractivity contribution >= 4 is 17.6 Å². The second kappa shape index (κ2) is 9.93. The molecular formula is C22H28N3O4+. The van der Waals surface area contributed by atoms with Crippen molar-refractivity contribution in [2.45, 2.75) is 6.54 Å². The fourth-order valence-corrected chi connectivity index (χ4v) is 3.50. The van der Waals surface area contributed by atoms with Crippen molar-refractivity contribution in [3.05, 3.63) is 59.7 Å². The third-order valence-corrected chi connectivity index (χ3v) is 5.17. The summed E-state index contributed by atoms with van der Waals surface area (Å²) in [6.07, 6.45) is 0. The molecule has 0 radical (unpaired) electrons. The average Bonchev–Trinajstić information content (AvgIpc) is 2.78. The van der Waals surface area contributed by atoms with Gasteiger partial charge in [0.2, 0.25) is 0 Å². The van der Waals surface area contributed by atoms with E-state index in [1.54, 1.807) is 19.2 Å². The van der Waals surface area contributed by atoms with Crippen molar-refractivity contribution in [2.75, 3.05) is 51.8 Å². The van der Waals surface area contributed by atoms with Crippen molar-refractivity contribution in [3.63, 3.8) is 0 Å². The topological polar surface area (TPSA) is 72.3 Å². The number of carbonyl (C=O) groups excluding carboxylic acids is 2. The SMILES string of the molecule is COC(=O)c1ccc(CNC(=O)C[NH+]2CCN(c3ccccc3OC)CC2)cc1. The normalized spacial score (nSPS) is 14.3. The van der Waals surface area contributed by atoms with Gasteiger partial charge in [0.05, 0.1) is 51.6 Å². The molecule has 2 aromatic rings. The molecule has 0 aliphatic carbocycles. The highest BCUT2D eigenvalue weighted by Crippen LogP contribution is 2.27. The fraction of sp³-hybridized carbons (Fsp3) is 0.364. The standard InChI is InChI=1S/C22H27N3O4/c1-28-20-6-4-3-5-19(20)25-13-11-24(12-14-25)16-21(26)23-15-17-7-9-18(10-8-17)22(27)29-2/h3-10H,11-16H2,1-2H3,(H,23,26)/p+1. The van der Waals surface area contributed by atoms with Gasteiger partial charge in [-0.1, -0.05) is 24.3 Å². The van der Waals surface area contributed by atoms with Crippen molar-refractivity contribution in [1.82, 2.24) is 5.32 Å². The van der Waals surface area contributed by atoms with Crippen molar-refractivity contribution in [3.8, 4) is 5.75 Å². The zero-order valence-electron chi connectivity index (χ0n) is 16.9. The van der Waals surface area contributed by atoms with Gasteiger partial charge >= 0.3 is 5.97 Å². The predicted molar refractivity (Wildman–Crippen MR) is 110 cm³/mol. The Hall–Kier alpha value is -3.06. The fourth-order valence-electron chi connectivity index (χ4n) is 3.50. The van der Waals surface area contributed by atoms with Crippen LogP contribution in [0.2, 0.25) is 0 Å². The molecule has 29 heavy (non-hydrogen) atoms. The number of methoxy groups -OCH3 is 2. The number of piperazine rings is 1. The molecule has 2 aromatic carbocycles. The van der Waals surface area contributed by atoms with Gasteiger partial charge in [-0.2, -0.15) is 0 Å². The molecule has 7 nitrogen and oxygen atoms in total.